The summed E-state index contributed by atoms with van der Waals surface area (Å²) >= 11 is 1.69. The van der Waals surface area contributed by atoms with E-state index in [4.69, 9.17) is 4.74 Å². The molecule has 7 rings (SSSR count). The minimum absolute atomic E-state index is 0.0250. The monoisotopic (exact) mass is 540 g/mol. The van der Waals surface area contributed by atoms with E-state index in [0.717, 1.165) is 40.8 Å². The van der Waals surface area contributed by atoms with Gasteiger partial charge in [0.2, 0.25) is 0 Å². The van der Waals surface area contributed by atoms with Gasteiger partial charge in [0.25, 0.3) is 5.91 Å². The number of rotatable bonds is 7. The Labute approximate surface area is 233 Å². The zero-order chi connectivity index (χ0) is 26.3. The van der Waals surface area contributed by atoms with Gasteiger partial charge in [0.05, 0.1) is 17.3 Å². The van der Waals surface area contributed by atoms with Crippen LogP contribution in [0.1, 0.15) is 73.3 Å². The number of fused-ring (bicyclic) bond motifs is 3. The van der Waals surface area contributed by atoms with Gasteiger partial charge in [-0.1, -0.05) is 12.8 Å². The summed E-state index contributed by atoms with van der Waals surface area (Å²) in [5, 5.41) is 16.4. The van der Waals surface area contributed by atoms with Crippen molar-refractivity contribution in [1.29, 1.82) is 0 Å². The van der Waals surface area contributed by atoms with Crippen LogP contribution < -0.4 is 10.1 Å². The quantitative estimate of drug-likeness (QED) is 0.266. The SMILES string of the molecule is CN1[C@@H]2CC[C@H]1CC(Oc1ccc(-c3n[nH]c4ccc(C(=O)N[C@H](c5ccsc5)C5CCCC5)cc34)cc1)C2. The van der Waals surface area contributed by atoms with E-state index < -0.39 is 0 Å². The number of aromatic nitrogens is 2. The molecule has 1 saturated carbocycles. The average molecular weight is 541 g/mol. The largest absolute Gasteiger partial charge is 0.490 e. The van der Waals surface area contributed by atoms with Crippen LogP contribution >= 0.6 is 11.3 Å². The number of piperidine rings is 1. The zero-order valence-corrected chi connectivity index (χ0v) is 23.3. The second-order valence-electron chi connectivity index (χ2n) is 11.7. The van der Waals surface area contributed by atoms with Gasteiger partial charge in [0, 0.05) is 28.6 Å². The molecule has 39 heavy (non-hydrogen) atoms. The molecule has 4 heterocycles. The zero-order valence-electron chi connectivity index (χ0n) is 22.4. The Balaban J connectivity index is 1.08. The van der Waals surface area contributed by atoms with E-state index in [1.807, 2.05) is 18.2 Å². The molecular weight excluding hydrogens is 504 g/mol. The third-order valence-electron chi connectivity index (χ3n) is 9.37. The number of nitrogens with one attached hydrogen (secondary N) is 2. The number of amides is 1. The molecule has 7 heteroatoms. The molecule has 1 amide bonds. The summed E-state index contributed by atoms with van der Waals surface area (Å²) < 4.78 is 6.40. The number of hydrogen-bond acceptors (Lipinski definition) is 5. The molecule has 3 aliphatic rings. The number of carbonyl (C=O) groups is 1. The van der Waals surface area contributed by atoms with Gasteiger partial charge in [-0.25, -0.2) is 0 Å². The Hall–Kier alpha value is -3.16. The summed E-state index contributed by atoms with van der Waals surface area (Å²) in [6.45, 7) is 0. The highest BCUT2D eigenvalue weighted by Crippen LogP contribution is 2.38. The number of aromatic amines is 1. The Morgan fingerprint density at radius 3 is 2.54 bits per heavy atom. The van der Waals surface area contributed by atoms with Crippen LogP contribution in [0.5, 0.6) is 5.75 Å². The predicted molar refractivity (Wildman–Crippen MR) is 156 cm³/mol. The summed E-state index contributed by atoms with van der Waals surface area (Å²) in [6, 6.07) is 17.6. The second-order valence-corrected chi connectivity index (χ2v) is 12.5. The van der Waals surface area contributed by atoms with E-state index in [2.05, 4.69) is 68.6 Å². The van der Waals surface area contributed by atoms with Crippen molar-refractivity contribution < 1.29 is 9.53 Å². The highest BCUT2D eigenvalue weighted by molar-refractivity contribution is 7.08. The maximum Gasteiger partial charge on any atom is 0.251 e. The molecule has 1 unspecified atom stereocenters. The summed E-state index contributed by atoms with van der Waals surface area (Å²) in [7, 11) is 2.26. The van der Waals surface area contributed by atoms with Crippen molar-refractivity contribution in [3.05, 3.63) is 70.4 Å². The molecule has 2 aliphatic heterocycles. The third-order valence-corrected chi connectivity index (χ3v) is 10.1. The van der Waals surface area contributed by atoms with Crippen LogP contribution in [0.25, 0.3) is 22.2 Å². The van der Waals surface area contributed by atoms with Crippen molar-refractivity contribution in [3.8, 4) is 17.0 Å². The van der Waals surface area contributed by atoms with E-state index >= 15 is 0 Å². The number of carbonyl (C=O) groups excluding carboxylic acids is 1. The van der Waals surface area contributed by atoms with Crippen molar-refractivity contribution in [2.45, 2.75) is 75.6 Å². The van der Waals surface area contributed by atoms with Gasteiger partial charge in [-0.15, -0.1) is 0 Å². The fourth-order valence-corrected chi connectivity index (χ4v) is 7.85. The average Bonchev–Trinajstić information content (AvgIpc) is 3.76. The van der Waals surface area contributed by atoms with Crippen LogP contribution in [0.4, 0.5) is 0 Å². The molecule has 3 fully saturated rings. The van der Waals surface area contributed by atoms with Gasteiger partial charge < -0.3 is 15.0 Å². The lowest BCUT2D eigenvalue weighted by atomic mass is 9.93. The fraction of sp³-hybridized carbons (Fsp3) is 0.438. The number of ether oxygens (including phenoxy) is 1. The van der Waals surface area contributed by atoms with Crippen LogP contribution in [-0.4, -0.2) is 46.2 Å². The second kappa shape index (κ2) is 10.4. The van der Waals surface area contributed by atoms with Gasteiger partial charge >= 0.3 is 0 Å². The molecule has 2 N–H and O–H groups in total. The minimum Gasteiger partial charge on any atom is -0.490 e. The highest BCUT2D eigenvalue weighted by atomic mass is 32.1. The van der Waals surface area contributed by atoms with Crippen LogP contribution in [0, 0.1) is 5.92 Å². The molecule has 6 nitrogen and oxygen atoms in total. The molecule has 0 radical (unpaired) electrons. The Morgan fingerprint density at radius 2 is 1.82 bits per heavy atom. The standard InChI is InChI=1S/C32H36N4O2S/c1-36-24-9-10-25(36)18-27(17-24)38-26-11-6-21(7-12-26)31-28-16-22(8-13-29(28)34-35-31)32(37)33-30(20-4-2-3-5-20)23-14-15-39-19-23/h6-8,11-16,19-20,24-25,27,30H,2-5,9-10,17-18H2,1H3,(H,33,37)(H,34,35)/t24-,25+,27?,30-/m0/s1. The fourth-order valence-electron chi connectivity index (χ4n) is 7.16. The maximum atomic E-state index is 13.5. The Bertz CT molecular complexity index is 1430. The van der Waals surface area contributed by atoms with Crippen molar-refractivity contribution in [2.75, 3.05) is 7.05 Å². The Morgan fingerprint density at radius 1 is 1.05 bits per heavy atom. The van der Waals surface area contributed by atoms with Gasteiger partial charge in [-0.3, -0.25) is 9.89 Å². The first kappa shape index (κ1) is 24.9. The normalized spacial score (nSPS) is 24.3. The molecule has 4 aromatic rings. The topological polar surface area (TPSA) is 70.2 Å². The summed E-state index contributed by atoms with van der Waals surface area (Å²) in [5.74, 6) is 1.39. The first-order valence-electron chi connectivity index (χ1n) is 14.4. The molecular formula is C32H36N4O2S. The highest BCUT2D eigenvalue weighted by Gasteiger charge is 2.39. The first-order valence-corrected chi connectivity index (χ1v) is 15.4. The number of H-pyrrole nitrogens is 1. The minimum atomic E-state index is -0.0250. The molecule has 202 valence electrons. The van der Waals surface area contributed by atoms with Crippen LogP contribution in [0.15, 0.2) is 59.3 Å². The molecule has 0 spiro atoms. The number of thiophene rings is 1. The lowest BCUT2D eigenvalue weighted by molar-refractivity contribution is 0.0662. The van der Waals surface area contributed by atoms with Crippen molar-refractivity contribution >= 4 is 28.1 Å². The summed E-state index contributed by atoms with van der Waals surface area (Å²) in [6.07, 6.45) is 9.93. The molecule has 2 bridgehead atoms. The number of benzene rings is 2. The number of nitrogens with zero attached hydrogens (tertiary/aromatic N) is 2. The van der Waals surface area contributed by atoms with E-state index in [9.17, 15) is 4.79 Å². The summed E-state index contributed by atoms with van der Waals surface area (Å²) in [5.41, 5.74) is 4.68. The molecule has 1 aliphatic carbocycles. The van der Waals surface area contributed by atoms with Crippen LogP contribution in [-0.2, 0) is 0 Å². The lowest BCUT2D eigenvalue weighted by Crippen LogP contribution is -2.43. The van der Waals surface area contributed by atoms with E-state index in [-0.39, 0.29) is 11.9 Å². The van der Waals surface area contributed by atoms with Gasteiger partial charge in [-0.2, -0.15) is 16.4 Å². The summed E-state index contributed by atoms with van der Waals surface area (Å²) in [4.78, 5) is 16.0. The Kier molecular flexibility index (Phi) is 6.65. The first-order chi connectivity index (χ1) is 19.1. The van der Waals surface area contributed by atoms with E-state index in [1.54, 1.807) is 11.3 Å². The smallest absolute Gasteiger partial charge is 0.251 e. The van der Waals surface area contributed by atoms with Crippen LogP contribution in [0.2, 0.25) is 0 Å². The van der Waals surface area contributed by atoms with Gasteiger partial charge in [0.15, 0.2) is 0 Å². The molecule has 2 saturated heterocycles. The molecule has 2 aromatic carbocycles. The van der Waals surface area contributed by atoms with Crippen molar-refractivity contribution in [2.24, 2.45) is 5.92 Å². The van der Waals surface area contributed by atoms with Crippen molar-refractivity contribution in [3.63, 3.8) is 0 Å². The van der Waals surface area contributed by atoms with Crippen LogP contribution in [0.3, 0.4) is 0 Å². The molecule has 2 aromatic heterocycles. The van der Waals surface area contributed by atoms with E-state index in [0.29, 0.717) is 29.7 Å². The third kappa shape index (κ3) is 4.87. The van der Waals surface area contributed by atoms with Crippen molar-refractivity contribution in [1.82, 2.24) is 20.4 Å². The van der Waals surface area contributed by atoms with Gasteiger partial charge in [0.1, 0.15) is 11.9 Å². The maximum absolute atomic E-state index is 13.5. The van der Waals surface area contributed by atoms with E-state index in [1.165, 1.54) is 44.1 Å². The van der Waals surface area contributed by atoms with Gasteiger partial charge in [-0.05, 0) is 116 Å². The predicted octanol–water partition coefficient (Wildman–Crippen LogP) is 6.96. The lowest BCUT2D eigenvalue weighted by Gasteiger charge is -2.36. The molecule has 4 atom stereocenters. The number of hydrogen-bond donors (Lipinski definition) is 2.